The van der Waals surface area contributed by atoms with Crippen LogP contribution in [-0.2, 0) is 16.8 Å². The summed E-state index contributed by atoms with van der Waals surface area (Å²) in [4.78, 5) is 14.4. The highest BCUT2D eigenvalue weighted by Crippen LogP contribution is 2.38. The lowest BCUT2D eigenvalue weighted by molar-refractivity contribution is 0.408. The van der Waals surface area contributed by atoms with Gasteiger partial charge in [-0.2, -0.15) is 4.99 Å². The molecule has 0 radical (unpaired) electrons. The fourth-order valence-corrected chi connectivity index (χ4v) is 2.68. The maximum absolute atomic E-state index is 10.5. The minimum Gasteiger partial charge on any atom is -0.211 e. The van der Waals surface area contributed by atoms with Gasteiger partial charge in [0.2, 0.25) is 6.08 Å². The smallest absolute Gasteiger partial charge is 0.211 e. The van der Waals surface area contributed by atoms with Crippen molar-refractivity contribution in [3.05, 3.63) is 33.8 Å². The summed E-state index contributed by atoms with van der Waals surface area (Å²) in [7, 11) is 0. The van der Waals surface area contributed by atoms with Crippen LogP contribution in [0.1, 0.15) is 30.9 Å². The summed E-state index contributed by atoms with van der Waals surface area (Å²) in [6, 6.07) is 6.18. The van der Waals surface area contributed by atoms with Crippen molar-refractivity contribution in [3.8, 4) is 0 Å². The minimum absolute atomic E-state index is 0.365. The van der Waals surface area contributed by atoms with Crippen molar-refractivity contribution >= 4 is 22.0 Å². The predicted octanol–water partition coefficient (Wildman–Crippen LogP) is 3.34. The lowest BCUT2D eigenvalue weighted by Crippen LogP contribution is -2.25. The minimum atomic E-state index is -0.365. The Morgan fingerprint density at radius 1 is 1.53 bits per heavy atom. The van der Waals surface area contributed by atoms with E-state index < -0.39 is 0 Å². The summed E-state index contributed by atoms with van der Waals surface area (Å²) >= 11 is 3.46. The average molecular weight is 266 g/mol. The highest BCUT2D eigenvalue weighted by molar-refractivity contribution is 9.10. The van der Waals surface area contributed by atoms with Gasteiger partial charge in [0.15, 0.2) is 0 Å². The van der Waals surface area contributed by atoms with Gasteiger partial charge < -0.3 is 0 Å². The van der Waals surface area contributed by atoms with E-state index in [-0.39, 0.29) is 5.54 Å². The van der Waals surface area contributed by atoms with E-state index >= 15 is 0 Å². The first-order valence-corrected chi connectivity index (χ1v) is 5.83. The van der Waals surface area contributed by atoms with Crippen LogP contribution >= 0.6 is 15.9 Å². The number of carbonyl (C=O) groups excluding carboxylic acids is 1. The third kappa shape index (κ3) is 1.90. The van der Waals surface area contributed by atoms with Gasteiger partial charge in [-0.1, -0.05) is 22.0 Å². The molecular formula is C12H12BrNO. The van der Waals surface area contributed by atoms with Crippen LogP contribution in [-0.4, -0.2) is 6.08 Å². The lowest BCUT2D eigenvalue weighted by atomic mass is 9.78. The molecule has 1 atom stereocenters. The van der Waals surface area contributed by atoms with Crippen molar-refractivity contribution < 1.29 is 4.79 Å². The molecule has 0 saturated carbocycles. The summed E-state index contributed by atoms with van der Waals surface area (Å²) < 4.78 is 1.08. The molecular weight excluding hydrogens is 254 g/mol. The zero-order valence-electron chi connectivity index (χ0n) is 8.59. The standard InChI is InChI=1S/C12H12BrNO/c1-12(14-8-15)6-2-3-9-7-10(13)4-5-11(9)12/h4-5,7H,2-3,6H2,1H3. The molecule has 2 rings (SSSR count). The Bertz CT molecular complexity index is 437. The van der Waals surface area contributed by atoms with Gasteiger partial charge >= 0.3 is 0 Å². The van der Waals surface area contributed by atoms with Gasteiger partial charge in [0.05, 0.1) is 5.54 Å². The number of halogens is 1. The number of hydrogen-bond acceptors (Lipinski definition) is 2. The largest absolute Gasteiger partial charge is 0.235 e. The first-order valence-electron chi connectivity index (χ1n) is 5.04. The number of hydrogen-bond donors (Lipinski definition) is 0. The van der Waals surface area contributed by atoms with Crippen LogP contribution in [0, 0.1) is 0 Å². The molecule has 1 unspecified atom stereocenters. The zero-order valence-corrected chi connectivity index (χ0v) is 10.2. The van der Waals surface area contributed by atoms with Crippen molar-refractivity contribution in [2.45, 2.75) is 31.7 Å². The number of rotatable bonds is 1. The van der Waals surface area contributed by atoms with Crippen molar-refractivity contribution in [3.63, 3.8) is 0 Å². The van der Waals surface area contributed by atoms with Crippen LogP contribution in [0.25, 0.3) is 0 Å². The van der Waals surface area contributed by atoms with Gasteiger partial charge in [-0.15, -0.1) is 0 Å². The van der Waals surface area contributed by atoms with Crippen LogP contribution in [0.15, 0.2) is 27.7 Å². The van der Waals surface area contributed by atoms with E-state index in [0.717, 1.165) is 23.7 Å². The molecule has 78 valence electrons. The predicted molar refractivity (Wildman–Crippen MR) is 62.6 cm³/mol. The Labute approximate surface area is 97.5 Å². The molecule has 0 fully saturated rings. The molecule has 0 amide bonds. The molecule has 0 aromatic heterocycles. The third-order valence-electron chi connectivity index (χ3n) is 3.05. The summed E-state index contributed by atoms with van der Waals surface area (Å²) in [5.74, 6) is 0. The second-order valence-electron chi connectivity index (χ2n) is 4.13. The summed E-state index contributed by atoms with van der Waals surface area (Å²) in [5.41, 5.74) is 2.09. The van der Waals surface area contributed by atoms with Gasteiger partial charge in [0.1, 0.15) is 0 Å². The Morgan fingerprint density at radius 2 is 2.33 bits per heavy atom. The van der Waals surface area contributed by atoms with Crippen LogP contribution in [0.3, 0.4) is 0 Å². The zero-order chi connectivity index (χ0) is 10.9. The van der Waals surface area contributed by atoms with E-state index in [0.29, 0.717) is 0 Å². The van der Waals surface area contributed by atoms with Gasteiger partial charge in [-0.25, -0.2) is 4.79 Å². The van der Waals surface area contributed by atoms with Gasteiger partial charge in [-0.3, -0.25) is 0 Å². The second kappa shape index (κ2) is 3.92. The van der Waals surface area contributed by atoms with Crippen molar-refractivity contribution in [2.24, 2.45) is 4.99 Å². The maximum atomic E-state index is 10.5. The normalized spacial score (nSPS) is 24.1. The topological polar surface area (TPSA) is 29.4 Å². The second-order valence-corrected chi connectivity index (χ2v) is 5.05. The molecule has 2 nitrogen and oxygen atoms in total. The first kappa shape index (κ1) is 10.6. The molecule has 1 aromatic carbocycles. The highest BCUT2D eigenvalue weighted by Gasteiger charge is 2.31. The van der Waals surface area contributed by atoms with Crippen LogP contribution < -0.4 is 0 Å². The number of benzene rings is 1. The molecule has 0 heterocycles. The number of nitrogens with zero attached hydrogens (tertiary/aromatic N) is 1. The lowest BCUT2D eigenvalue weighted by Gasteiger charge is -2.31. The Hall–Kier alpha value is -0.920. The molecule has 0 saturated heterocycles. The molecule has 15 heavy (non-hydrogen) atoms. The van der Waals surface area contributed by atoms with Gasteiger partial charge in [-0.05, 0) is 49.4 Å². The van der Waals surface area contributed by atoms with Gasteiger partial charge in [0, 0.05) is 4.47 Å². The quantitative estimate of drug-likeness (QED) is 0.566. The van der Waals surface area contributed by atoms with Crippen LogP contribution in [0.4, 0.5) is 0 Å². The Kier molecular flexibility index (Phi) is 2.76. The Morgan fingerprint density at radius 3 is 3.07 bits per heavy atom. The highest BCUT2D eigenvalue weighted by atomic mass is 79.9. The molecule has 0 aliphatic heterocycles. The van der Waals surface area contributed by atoms with Gasteiger partial charge in [0.25, 0.3) is 0 Å². The molecule has 0 spiro atoms. The van der Waals surface area contributed by atoms with Crippen LogP contribution in [0.2, 0.25) is 0 Å². The van der Waals surface area contributed by atoms with Crippen molar-refractivity contribution in [1.82, 2.24) is 0 Å². The maximum Gasteiger partial charge on any atom is 0.235 e. The summed E-state index contributed by atoms with van der Waals surface area (Å²) in [6.07, 6.45) is 4.77. The van der Waals surface area contributed by atoms with Crippen LogP contribution in [0.5, 0.6) is 0 Å². The molecule has 1 aliphatic rings. The summed E-state index contributed by atoms with van der Waals surface area (Å²) in [5, 5.41) is 0. The molecule has 1 aromatic rings. The first-order chi connectivity index (χ1) is 7.15. The molecule has 1 aliphatic carbocycles. The van der Waals surface area contributed by atoms with E-state index in [1.165, 1.54) is 11.1 Å². The fourth-order valence-electron chi connectivity index (χ4n) is 2.27. The average Bonchev–Trinajstić information content (AvgIpc) is 2.17. The van der Waals surface area contributed by atoms with Crippen molar-refractivity contribution in [2.75, 3.05) is 0 Å². The number of fused-ring (bicyclic) bond motifs is 1. The molecule has 3 heteroatoms. The van der Waals surface area contributed by atoms with E-state index in [1.807, 2.05) is 13.0 Å². The number of isocyanates is 1. The molecule has 0 bridgehead atoms. The van der Waals surface area contributed by atoms with E-state index in [4.69, 9.17) is 0 Å². The third-order valence-corrected chi connectivity index (χ3v) is 3.54. The number of aliphatic imine (C=N–C) groups is 1. The van der Waals surface area contributed by atoms with E-state index in [1.54, 1.807) is 6.08 Å². The monoisotopic (exact) mass is 265 g/mol. The summed E-state index contributed by atoms with van der Waals surface area (Å²) in [6.45, 7) is 2.00. The van der Waals surface area contributed by atoms with Crippen molar-refractivity contribution in [1.29, 1.82) is 0 Å². The molecule has 0 N–H and O–H groups in total. The van der Waals surface area contributed by atoms with E-state index in [2.05, 4.69) is 33.1 Å². The SMILES string of the molecule is CC1(N=C=O)CCCc2cc(Br)ccc21. The number of aryl methyl sites for hydroxylation is 1. The Balaban J connectivity index is 2.56. The van der Waals surface area contributed by atoms with E-state index in [9.17, 15) is 4.79 Å². The fraction of sp³-hybridized carbons (Fsp3) is 0.417.